The SMILES string of the molecule is CC/C=C\C/C=C\C/C=C\C/C=C\C/C=C\CCOCC(COP(=O)([O-])OCC[N+](C)(C)C)OC(=O)CCCCCCCC/C=C\C/C=C\C/C=C\CCCCC. The summed E-state index contributed by atoms with van der Waals surface area (Å²) in [7, 11) is 1.28. The van der Waals surface area contributed by atoms with Crippen molar-refractivity contribution < 1.29 is 37.3 Å². The quantitative estimate of drug-likeness (QED) is 0.0200. The number of ether oxygens (including phenoxy) is 2. The highest BCUT2D eigenvalue weighted by molar-refractivity contribution is 7.45. The summed E-state index contributed by atoms with van der Waals surface area (Å²) in [6.45, 7) is 4.99. The number of nitrogens with zero attached hydrogens (tertiary/aromatic N) is 1. The molecule has 0 aromatic heterocycles. The van der Waals surface area contributed by atoms with Gasteiger partial charge in [0.2, 0.25) is 0 Å². The first-order valence-electron chi connectivity index (χ1n) is 22.0. The van der Waals surface area contributed by atoms with E-state index >= 15 is 0 Å². The number of esters is 1. The lowest BCUT2D eigenvalue weighted by Crippen LogP contribution is -2.37. The Bertz CT molecular complexity index is 1230. The highest BCUT2D eigenvalue weighted by Crippen LogP contribution is 2.38. The largest absolute Gasteiger partial charge is 0.756 e. The molecule has 326 valence electrons. The van der Waals surface area contributed by atoms with Crippen LogP contribution in [0.15, 0.2) is 97.2 Å². The van der Waals surface area contributed by atoms with Gasteiger partial charge in [-0.25, -0.2) is 0 Å². The highest BCUT2D eigenvalue weighted by Gasteiger charge is 2.20. The van der Waals surface area contributed by atoms with Crippen molar-refractivity contribution in [3.8, 4) is 0 Å². The summed E-state index contributed by atoms with van der Waals surface area (Å²) in [5.74, 6) is -0.376. The second kappa shape index (κ2) is 40.2. The average molecular weight is 816 g/mol. The second-order valence-corrected chi connectivity index (χ2v) is 16.7. The predicted octanol–water partition coefficient (Wildman–Crippen LogP) is 12.4. The van der Waals surface area contributed by atoms with Crippen molar-refractivity contribution in [3.05, 3.63) is 97.2 Å². The minimum Gasteiger partial charge on any atom is -0.756 e. The molecule has 0 aliphatic rings. The van der Waals surface area contributed by atoms with Gasteiger partial charge in [0.25, 0.3) is 7.82 Å². The summed E-state index contributed by atoms with van der Waals surface area (Å²) in [4.78, 5) is 25.1. The molecule has 0 spiro atoms. The molecule has 0 rings (SSSR count). The fourth-order valence-electron chi connectivity index (χ4n) is 5.26. The molecule has 8 nitrogen and oxygen atoms in total. The first kappa shape index (κ1) is 54.4. The van der Waals surface area contributed by atoms with E-state index in [9.17, 15) is 14.3 Å². The molecule has 0 aromatic carbocycles. The number of allylic oxidation sites excluding steroid dienone is 15. The minimum absolute atomic E-state index is 0.00432. The molecule has 0 amide bonds. The number of carbonyl (C=O) groups excluding carboxylic acids is 1. The predicted molar refractivity (Wildman–Crippen MR) is 240 cm³/mol. The third-order valence-corrected chi connectivity index (χ3v) is 9.60. The normalized spacial score (nSPS) is 14.7. The van der Waals surface area contributed by atoms with Gasteiger partial charge >= 0.3 is 5.97 Å². The smallest absolute Gasteiger partial charge is 0.306 e. The van der Waals surface area contributed by atoms with Crippen LogP contribution in [0.5, 0.6) is 0 Å². The summed E-state index contributed by atoms with van der Waals surface area (Å²) in [5, 5.41) is 0. The average Bonchev–Trinajstić information content (AvgIpc) is 3.16. The van der Waals surface area contributed by atoms with Crippen LogP contribution < -0.4 is 4.89 Å². The molecule has 2 atom stereocenters. The number of rotatable bonds is 39. The lowest BCUT2D eigenvalue weighted by Gasteiger charge is -2.28. The van der Waals surface area contributed by atoms with Crippen molar-refractivity contribution in [2.24, 2.45) is 0 Å². The topological polar surface area (TPSA) is 94.1 Å². The fourth-order valence-corrected chi connectivity index (χ4v) is 5.99. The minimum atomic E-state index is -4.56. The van der Waals surface area contributed by atoms with E-state index in [0.29, 0.717) is 24.1 Å². The molecule has 0 aliphatic heterocycles. The van der Waals surface area contributed by atoms with Crippen molar-refractivity contribution in [3.63, 3.8) is 0 Å². The van der Waals surface area contributed by atoms with E-state index in [4.69, 9.17) is 18.5 Å². The first-order chi connectivity index (χ1) is 27.6. The van der Waals surface area contributed by atoms with Crippen molar-refractivity contribution in [1.29, 1.82) is 0 Å². The van der Waals surface area contributed by atoms with Crippen molar-refractivity contribution >= 4 is 13.8 Å². The molecular formula is C48H82NO7P. The zero-order valence-electron chi connectivity index (χ0n) is 36.7. The zero-order chi connectivity index (χ0) is 42.0. The zero-order valence-corrected chi connectivity index (χ0v) is 37.6. The number of carbonyl (C=O) groups is 1. The van der Waals surface area contributed by atoms with Crippen LogP contribution in [0.3, 0.4) is 0 Å². The lowest BCUT2D eigenvalue weighted by molar-refractivity contribution is -0.870. The Morgan fingerprint density at radius 3 is 1.53 bits per heavy atom. The van der Waals surface area contributed by atoms with Gasteiger partial charge in [-0.1, -0.05) is 150 Å². The number of phosphoric acid groups is 1. The van der Waals surface area contributed by atoms with Crippen LogP contribution >= 0.6 is 7.82 Å². The van der Waals surface area contributed by atoms with Gasteiger partial charge in [-0.05, 0) is 83.5 Å². The Balaban J connectivity index is 4.40. The van der Waals surface area contributed by atoms with Crippen LogP contribution in [0, 0.1) is 0 Å². The van der Waals surface area contributed by atoms with Crippen molar-refractivity contribution in [1.82, 2.24) is 0 Å². The molecule has 0 bridgehead atoms. The number of likely N-dealkylation sites (N-methyl/N-ethyl adjacent to an activating group) is 1. The highest BCUT2D eigenvalue weighted by atomic mass is 31.2. The maximum atomic E-state index is 12.7. The molecular weight excluding hydrogens is 734 g/mol. The third kappa shape index (κ3) is 44.4. The van der Waals surface area contributed by atoms with E-state index in [1.54, 1.807) is 0 Å². The van der Waals surface area contributed by atoms with Gasteiger partial charge in [-0.3, -0.25) is 9.36 Å². The maximum Gasteiger partial charge on any atom is 0.306 e. The lowest BCUT2D eigenvalue weighted by atomic mass is 10.1. The maximum absolute atomic E-state index is 12.7. The number of unbranched alkanes of at least 4 members (excludes halogenated alkanes) is 9. The van der Waals surface area contributed by atoms with E-state index in [-0.39, 0.29) is 32.2 Å². The second-order valence-electron chi connectivity index (χ2n) is 15.3. The molecule has 0 radical (unpaired) electrons. The number of hydrogen-bond donors (Lipinski definition) is 0. The number of hydrogen-bond acceptors (Lipinski definition) is 7. The summed E-state index contributed by atoms with van der Waals surface area (Å²) >= 11 is 0. The Morgan fingerprint density at radius 2 is 1.02 bits per heavy atom. The van der Waals surface area contributed by atoms with Gasteiger partial charge in [-0.15, -0.1) is 0 Å². The van der Waals surface area contributed by atoms with E-state index in [1.807, 2.05) is 21.1 Å². The van der Waals surface area contributed by atoms with Gasteiger partial charge in [0.15, 0.2) is 0 Å². The summed E-state index contributed by atoms with van der Waals surface area (Å²) in [6.07, 6.45) is 54.4. The summed E-state index contributed by atoms with van der Waals surface area (Å²) < 4.78 is 34.4. The molecule has 2 unspecified atom stereocenters. The van der Waals surface area contributed by atoms with E-state index in [0.717, 1.165) is 77.0 Å². The molecule has 0 N–H and O–H groups in total. The van der Waals surface area contributed by atoms with Crippen LogP contribution in [0.1, 0.15) is 142 Å². The van der Waals surface area contributed by atoms with Crippen LogP contribution in [0.2, 0.25) is 0 Å². The number of phosphoric ester groups is 1. The van der Waals surface area contributed by atoms with Crippen LogP contribution in [0.4, 0.5) is 0 Å². The van der Waals surface area contributed by atoms with Crippen LogP contribution in [-0.4, -0.2) is 70.7 Å². The first-order valence-corrected chi connectivity index (χ1v) is 23.4. The fraction of sp³-hybridized carbons (Fsp3) is 0.646. The van der Waals surface area contributed by atoms with E-state index < -0.39 is 13.9 Å². The Kier molecular flexibility index (Phi) is 38.4. The van der Waals surface area contributed by atoms with Gasteiger partial charge in [0, 0.05) is 6.42 Å². The molecule has 0 aliphatic carbocycles. The molecule has 0 aromatic rings. The summed E-state index contributed by atoms with van der Waals surface area (Å²) in [5.41, 5.74) is 0. The van der Waals surface area contributed by atoms with Gasteiger partial charge in [0.05, 0.1) is 41.0 Å². The Labute approximate surface area is 349 Å². The molecule has 0 saturated carbocycles. The van der Waals surface area contributed by atoms with E-state index in [2.05, 4.69) is 111 Å². The monoisotopic (exact) mass is 816 g/mol. The number of quaternary nitrogens is 1. The Hall–Kier alpha value is -2.58. The molecule has 0 heterocycles. The molecule has 0 saturated heterocycles. The van der Waals surface area contributed by atoms with Crippen LogP contribution in [0.25, 0.3) is 0 Å². The standard InChI is InChI=1S/C48H82NO7P/c1-6-8-10-12-14-16-18-20-22-24-25-26-27-29-31-33-35-37-39-41-48(50)56-47(46-55-57(51,52)54-44-42-49(3,4)5)45-53-43-40-38-36-34-32-30-28-23-21-19-17-15-13-11-9-7-2/h9,11,14-17,20-23,25-26,30,32,36,38,47H,6-8,10,12-13,18-19,24,27-29,31,33-35,37,39-46H2,1-5H3/b11-9-,16-14-,17-15-,22-20-,23-21-,26-25-,32-30-,38-36-. The van der Waals surface area contributed by atoms with Crippen molar-refractivity contribution in [2.75, 3.05) is 54.1 Å². The van der Waals surface area contributed by atoms with Crippen LogP contribution in [-0.2, 0) is 27.9 Å². The Morgan fingerprint density at radius 1 is 0.561 bits per heavy atom. The van der Waals surface area contributed by atoms with Crippen molar-refractivity contribution in [2.45, 2.75) is 148 Å². The third-order valence-electron chi connectivity index (χ3n) is 8.64. The molecule has 9 heteroatoms. The van der Waals surface area contributed by atoms with Gasteiger partial charge < -0.3 is 27.9 Å². The molecule has 0 fully saturated rings. The van der Waals surface area contributed by atoms with Gasteiger partial charge in [0.1, 0.15) is 19.3 Å². The van der Waals surface area contributed by atoms with Gasteiger partial charge in [-0.2, -0.15) is 0 Å². The van der Waals surface area contributed by atoms with E-state index in [1.165, 1.54) is 38.5 Å². The summed E-state index contributed by atoms with van der Waals surface area (Å²) in [6, 6.07) is 0. The molecule has 57 heavy (non-hydrogen) atoms.